The molecule has 4 nitrogen and oxygen atoms in total. The zero-order chi connectivity index (χ0) is 14.8. The van der Waals surface area contributed by atoms with Gasteiger partial charge in [-0.2, -0.15) is 5.10 Å². The summed E-state index contributed by atoms with van der Waals surface area (Å²) in [7, 11) is 0. The van der Waals surface area contributed by atoms with Gasteiger partial charge in [-0.1, -0.05) is 0 Å². The van der Waals surface area contributed by atoms with Crippen LogP contribution in [0.5, 0.6) is 0 Å². The molecular formula is C14H16N2O2S2. The van der Waals surface area contributed by atoms with Gasteiger partial charge in [0.15, 0.2) is 0 Å². The van der Waals surface area contributed by atoms with E-state index >= 15 is 0 Å². The standard InChI is InChI=1S/C14H16N2O2S2/c1-14(2,3)18-13(17)12-6-5-11(20-12)10-7-9(19-4)8-15-16-10/h5-8H,1-4H3. The van der Waals surface area contributed by atoms with Crippen molar-refractivity contribution in [2.24, 2.45) is 0 Å². The van der Waals surface area contributed by atoms with E-state index < -0.39 is 5.60 Å². The van der Waals surface area contributed by atoms with Gasteiger partial charge in [-0.15, -0.1) is 28.2 Å². The van der Waals surface area contributed by atoms with E-state index in [1.165, 1.54) is 11.3 Å². The van der Waals surface area contributed by atoms with Crippen molar-refractivity contribution >= 4 is 29.1 Å². The monoisotopic (exact) mass is 308 g/mol. The highest BCUT2D eigenvalue weighted by Crippen LogP contribution is 2.29. The number of rotatable bonds is 3. The van der Waals surface area contributed by atoms with Crippen LogP contribution < -0.4 is 0 Å². The Balaban J connectivity index is 2.22. The number of carbonyl (C=O) groups is 1. The van der Waals surface area contributed by atoms with Crippen molar-refractivity contribution in [3.05, 3.63) is 29.3 Å². The molecule has 0 unspecified atom stereocenters. The molecule has 0 spiro atoms. The second kappa shape index (κ2) is 5.93. The average molecular weight is 308 g/mol. The number of thioether (sulfide) groups is 1. The SMILES string of the molecule is CSc1cnnc(-c2ccc(C(=O)OC(C)(C)C)s2)c1. The first kappa shape index (κ1) is 15.0. The van der Waals surface area contributed by atoms with Gasteiger partial charge in [0, 0.05) is 4.90 Å². The Labute approximate surface area is 126 Å². The predicted octanol–water partition coefficient (Wildman–Crippen LogP) is 3.88. The van der Waals surface area contributed by atoms with Crippen LogP contribution >= 0.6 is 23.1 Å². The summed E-state index contributed by atoms with van der Waals surface area (Å²) >= 11 is 2.98. The fourth-order valence-electron chi connectivity index (χ4n) is 1.49. The Morgan fingerprint density at radius 2 is 2.10 bits per heavy atom. The maximum atomic E-state index is 12.0. The highest BCUT2D eigenvalue weighted by molar-refractivity contribution is 7.98. The molecule has 2 aromatic heterocycles. The Bertz CT molecular complexity index is 618. The van der Waals surface area contributed by atoms with E-state index in [0.717, 1.165) is 15.5 Å². The topological polar surface area (TPSA) is 52.1 Å². The van der Waals surface area contributed by atoms with Crippen molar-refractivity contribution < 1.29 is 9.53 Å². The minimum atomic E-state index is -0.486. The van der Waals surface area contributed by atoms with Crippen LogP contribution in [0.15, 0.2) is 29.3 Å². The van der Waals surface area contributed by atoms with E-state index in [2.05, 4.69) is 10.2 Å². The third-order valence-electron chi connectivity index (χ3n) is 2.32. The molecule has 0 aromatic carbocycles. The molecule has 2 rings (SSSR count). The number of thiophene rings is 1. The van der Waals surface area contributed by atoms with Crippen LogP contribution in [0.3, 0.4) is 0 Å². The normalized spacial score (nSPS) is 11.4. The van der Waals surface area contributed by atoms with Crippen molar-refractivity contribution in [2.45, 2.75) is 31.3 Å². The van der Waals surface area contributed by atoms with E-state index in [0.29, 0.717) is 4.88 Å². The highest BCUT2D eigenvalue weighted by atomic mass is 32.2. The molecule has 6 heteroatoms. The summed E-state index contributed by atoms with van der Waals surface area (Å²) in [6.45, 7) is 5.56. The van der Waals surface area contributed by atoms with Gasteiger partial charge in [0.2, 0.25) is 0 Å². The third kappa shape index (κ3) is 3.80. The second-order valence-electron chi connectivity index (χ2n) is 5.15. The van der Waals surface area contributed by atoms with Crippen LogP contribution in [0.1, 0.15) is 30.4 Å². The number of hydrogen-bond donors (Lipinski definition) is 0. The highest BCUT2D eigenvalue weighted by Gasteiger charge is 2.19. The molecule has 0 radical (unpaired) electrons. The lowest BCUT2D eigenvalue weighted by Gasteiger charge is -2.18. The van der Waals surface area contributed by atoms with Crippen molar-refractivity contribution in [2.75, 3.05) is 6.26 Å². The van der Waals surface area contributed by atoms with E-state index in [9.17, 15) is 4.79 Å². The molecule has 0 aliphatic carbocycles. The Morgan fingerprint density at radius 1 is 1.35 bits per heavy atom. The summed E-state index contributed by atoms with van der Waals surface area (Å²) in [4.78, 5) is 14.5. The zero-order valence-corrected chi connectivity index (χ0v) is 13.5. The molecular weight excluding hydrogens is 292 g/mol. The van der Waals surface area contributed by atoms with Crippen LogP contribution in [-0.2, 0) is 4.74 Å². The van der Waals surface area contributed by atoms with Gasteiger partial charge >= 0.3 is 5.97 Å². The van der Waals surface area contributed by atoms with Crippen molar-refractivity contribution in [1.29, 1.82) is 0 Å². The van der Waals surface area contributed by atoms with Gasteiger partial charge in [0.1, 0.15) is 16.2 Å². The fourth-order valence-corrected chi connectivity index (χ4v) is 2.71. The lowest BCUT2D eigenvalue weighted by molar-refractivity contribution is 0.00752. The zero-order valence-electron chi connectivity index (χ0n) is 11.8. The first-order valence-electron chi connectivity index (χ1n) is 6.09. The van der Waals surface area contributed by atoms with Gasteiger partial charge in [0.05, 0.1) is 11.1 Å². The van der Waals surface area contributed by atoms with Crippen molar-refractivity contribution in [3.63, 3.8) is 0 Å². The molecule has 0 N–H and O–H groups in total. The summed E-state index contributed by atoms with van der Waals surface area (Å²) in [5.41, 5.74) is 0.288. The number of hydrogen-bond acceptors (Lipinski definition) is 6. The number of carbonyl (C=O) groups excluding carboxylic acids is 1. The van der Waals surface area contributed by atoms with Crippen LogP contribution in [0.25, 0.3) is 10.6 Å². The Kier molecular flexibility index (Phi) is 4.45. The first-order chi connectivity index (χ1) is 9.39. The maximum absolute atomic E-state index is 12.0. The minimum Gasteiger partial charge on any atom is -0.456 e. The molecule has 0 aliphatic rings. The van der Waals surface area contributed by atoms with Crippen LogP contribution in [0, 0.1) is 0 Å². The smallest absolute Gasteiger partial charge is 0.348 e. The van der Waals surface area contributed by atoms with Gasteiger partial charge in [-0.05, 0) is 45.2 Å². The lowest BCUT2D eigenvalue weighted by Crippen LogP contribution is -2.23. The number of aromatic nitrogens is 2. The average Bonchev–Trinajstić information content (AvgIpc) is 2.86. The number of esters is 1. The second-order valence-corrected chi connectivity index (χ2v) is 7.11. The minimum absolute atomic E-state index is 0.303. The van der Waals surface area contributed by atoms with Crippen LogP contribution in [-0.4, -0.2) is 28.0 Å². The first-order valence-corrected chi connectivity index (χ1v) is 8.13. The molecule has 0 atom stereocenters. The third-order valence-corrected chi connectivity index (χ3v) is 4.11. The summed E-state index contributed by atoms with van der Waals surface area (Å²) in [5, 5.41) is 8.06. The number of nitrogens with zero attached hydrogens (tertiary/aromatic N) is 2. The largest absolute Gasteiger partial charge is 0.456 e. The quantitative estimate of drug-likeness (QED) is 0.636. The van der Waals surface area contributed by atoms with Gasteiger partial charge in [0.25, 0.3) is 0 Å². The van der Waals surface area contributed by atoms with Crippen LogP contribution in [0.4, 0.5) is 0 Å². The molecule has 0 saturated heterocycles. The summed E-state index contributed by atoms with van der Waals surface area (Å²) in [6, 6.07) is 5.60. The van der Waals surface area contributed by atoms with Gasteiger partial charge in [-0.25, -0.2) is 4.79 Å². The molecule has 0 amide bonds. The van der Waals surface area contributed by atoms with E-state index in [-0.39, 0.29) is 5.97 Å². The molecule has 2 heterocycles. The van der Waals surface area contributed by atoms with Gasteiger partial charge in [-0.3, -0.25) is 0 Å². The van der Waals surface area contributed by atoms with E-state index in [4.69, 9.17) is 4.74 Å². The molecule has 0 fully saturated rings. The Morgan fingerprint density at radius 3 is 2.75 bits per heavy atom. The molecule has 20 heavy (non-hydrogen) atoms. The number of ether oxygens (including phenoxy) is 1. The molecule has 0 aliphatic heterocycles. The maximum Gasteiger partial charge on any atom is 0.348 e. The summed E-state index contributed by atoms with van der Waals surface area (Å²) in [6.07, 6.45) is 3.71. The molecule has 2 aromatic rings. The fraction of sp³-hybridized carbons (Fsp3) is 0.357. The molecule has 0 bridgehead atoms. The molecule has 106 valence electrons. The van der Waals surface area contributed by atoms with Crippen LogP contribution in [0.2, 0.25) is 0 Å². The summed E-state index contributed by atoms with van der Waals surface area (Å²) < 4.78 is 5.35. The summed E-state index contributed by atoms with van der Waals surface area (Å²) in [5.74, 6) is -0.303. The van der Waals surface area contributed by atoms with E-state index in [1.807, 2.05) is 39.2 Å². The molecule has 0 saturated carbocycles. The van der Waals surface area contributed by atoms with E-state index in [1.54, 1.807) is 24.0 Å². The van der Waals surface area contributed by atoms with Crippen molar-refractivity contribution in [3.8, 4) is 10.6 Å². The Hall–Kier alpha value is -1.40. The predicted molar refractivity (Wildman–Crippen MR) is 82.3 cm³/mol. The lowest BCUT2D eigenvalue weighted by atomic mass is 10.2. The van der Waals surface area contributed by atoms with Crippen molar-refractivity contribution in [1.82, 2.24) is 10.2 Å². The van der Waals surface area contributed by atoms with Gasteiger partial charge < -0.3 is 4.74 Å².